The highest BCUT2D eigenvalue weighted by Gasteiger charge is 2.24. The molecule has 10 nitrogen and oxygen atoms in total. The zero-order valence-corrected chi connectivity index (χ0v) is 17.5. The van der Waals surface area contributed by atoms with E-state index >= 15 is 0 Å². The quantitative estimate of drug-likeness (QED) is 0.381. The maximum absolute atomic E-state index is 12.7. The first kappa shape index (κ1) is 24.9. The molecule has 3 amide bonds. The average Bonchev–Trinajstić information content (AvgIpc) is 2.63. The lowest BCUT2D eigenvalue weighted by molar-refractivity contribution is -0.136. The molecule has 10 heteroatoms. The van der Waals surface area contributed by atoms with Crippen LogP contribution in [0.5, 0.6) is 0 Å². The first-order chi connectivity index (χ1) is 14.0. The van der Waals surface area contributed by atoms with E-state index in [9.17, 15) is 19.2 Å². The van der Waals surface area contributed by atoms with Crippen LogP contribution < -0.4 is 21.7 Å². The number of anilines is 1. The molecule has 166 valence electrons. The van der Waals surface area contributed by atoms with Gasteiger partial charge in [0.2, 0.25) is 5.91 Å². The molecular formula is C20H30N4O6. The van der Waals surface area contributed by atoms with Crippen LogP contribution in [0.15, 0.2) is 24.3 Å². The number of carbonyl (C=O) groups is 4. The van der Waals surface area contributed by atoms with Gasteiger partial charge in [0.25, 0.3) is 5.91 Å². The van der Waals surface area contributed by atoms with Gasteiger partial charge in [-0.15, -0.1) is 0 Å². The third-order valence-corrected chi connectivity index (χ3v) is 3.72. The van der Waals surface area contributed by atoms with Gasteiger partial charge in [-0.2, -0.15) is 0 Å². The van der Waals surface area contributed by atoms with E-state index in [1.807, 2.05) is 0 Å². The van der Waals surface area contributed by atoms with E-state index in [4.69, 9.17) is 15.6 Å². The van der Waals surface area contributed by atoms with Gasteiger partial charge >= 0.3 is 12.1 Å². The standard InChI is InChI=1S/C20H30N4O6/c1-20(2,3)30-19(29)24-15(8-5-10-21)18(28)23-14-7-4-6-13(12-14)17(27)22-11-9-16(25)26/h4,6-7,12,15H,5,8-11,21H2,1-3H3,(H,22,27)(H,23,28)(H,24,29)(H,25,26)/t15-/m0/s1. The number of alkyl carbamates (subject to hydrolysis) is 1. The van der Waals surface area contributed by atoms with Crippen molar-refractivity contribution >= 4 is 29.6 Å². The van der Waals surface area contributed by atoms with E-state index in [0.717, 1.165) is 0 Å². The van der Waals surface area contributed by atoms with E-state index < -0.39 is 35.5 Å². The highest BCUT2D eigenvalue weighted by atomic mass is 16.6. The maximum Gasteiger partial charge on any atom is 0.408 e. The second kappa shape index (κ2) is 11.8. The fraction of sp³-hybridized carbons (Fsp3) is 0.500. The predicted molar refractivity (Wildman–Crippen MR) is 111 cm³/mol. The molecule has 1 aromatic rings. The number of carboxylic acid groups (broad SMARTS) is 1. The van der Waals surface area contributed by atoms with Gasteiger partial charge in [0.15, 0.2) is 0 Å². The first-order valence-electron chi connectivity index (χ1n) is 9.62. The number of carbonyl (C=O) groups excluding carboxylic acids is 3. The molecule has 0 aliphatic carbocycles. The van der Waals surface area contributed by atoms with Gasteiger partial charge in [-0.3, -0.25) is 14.4 Å². The van der Waals surface area contributed by atoms with Crippen molar-refractivity contribution in [1.29, 1.82) is 0 Å². The zero-order chi connectivity index (χ0) is 22.7. The SMILES string of the molecule is CC(C)(C)OC(=O)N[C@@H](CCCN)C(=O)Nc1cccc(C(=O)NCCC(=O)O)c1. The molecule has 1 atom stereocenters. The maximum atomic E-state index is 12.7. The molecule has 0 fully saturated rings. The summed E-state index contributed by atoms with van der Waals surface area (Å²) < 4.78 is 5.20. The van der Waals surface area contributed by atoms with E-state index in [0.29, 0.717) is 25.1 Å². The lowest BCUT2D eigenvalue weighted by Crippen LogP contribution is -2.46. The Balaban J connectivity index is 2.79. The number of aliphatic carboxylic acids is 1. The Hall–Kier alpha value is -3.14. The molecule has 0 heterocycles. The summed E-state index contributed by atoms with van der Waals surface area (Å²) in [6.07, 6.45) is -0.0794. The van der Waals surface area contributed by atoms with Crippen molar-refractivity contribution in [3.63, 3.8) is 0 Å². The Morgan fingerprint density at radius 1 is 1.20 bits per heavy atom. The number of rotatable bonds is 10. The van der Waals surface area contributed by atoms with Crippen LogP contribution in [0.4, 0.5) is 10.5 Å². The third kappa shape index (κ3) is 9.87. The second-order valence-electron chi connectivity index (χ2n) is 7.60. The molecule has 1 rings (SSSR count). The van der Waals surface area contributed by atoms with Crippen LogP contribution in [0, 0.1) is 0 Å². The molecule has 0 radical (unpaired) electrons. The van der Waals surface area contributed by atoms with Crippen LogP contribution in [0.25, 0.3) is 0 Å². The summed E-state index contributed by atoms with van der Waals surface area (Å²) in [5.41, 5.74) is 5.43. The molecule has 0 aliphatic heterocycles. The number of nitrogens with two attached hydrogens (primary N) is 1. The molecule has 1 aromatic carbocycles. The van der Waals surface area contributed by atoms with Crippen LogP contribution in [-0.4, -0.2) is 53.7 Å². The minimum atomic E-state index is -1.02. The predicted octanol–water partition coefficient (Wildman–Crippen LogP) is 1.46. The largest absolute Gasteiger partial charge is 0.481 e. The first-order valence-corrected chi connectivity index (χ1v) is 9.62. The fourth-order valence-electron chi connectivity index (χ4n) is 2.39. The molecule has 0 aromatic heterocycles. The summed E-state index contributed by atoms with van der Waals surface area (Å²) in [7, 11) is 0. The van der Waals surface area contributed by atoms with Crippen LogP contribution in [0.3, 0.4) is 0 Å². The summed E-state index contributed by atoms with van der Waals surface area (Å²) >= 11 is 0. The zero-order valence-electron chi connectivity index (χ0n) is 17.5. The molecule has 0 unspecified atom stereocenters. The van der Waals surface area contributed by atoms with Crippen molar-refractivity contribution in [1.82, 2.24) is 10.6 Å². The minimum absolute atomic E-state index is 0.00821. The van der Waals surface area contributed by atoms with Crippen molar-refractivity contribution in [2.75, 3.05) is 18.4 Å². The number of benzene rings is 1. The molecule has 30 heavy (non-hydrogen) atoms. The highest BCUT2D eigenvalue weighted by molar-refractivity contribution is 5.99. The Morgan fingerprint density at radius 2 is 1.90 bits per heavy atom. The molecule has 0 saturated heterocycles. The molecule has 0 aliphatic rings. The molecule has 0 bridgehead atoms. The number of hydrogen-bond donors (Lipinski definition) is 5. The Morgan fingerprint density at radius 3 is 2.50 bits per heavy atom. The molecule has 0 spiro atoms. The van der Waals surface area contributed by atoms with Gasteiger partial charge in [0.05, 0.1) is 6.42 Å². The monoisotopic (exact) mass is 422 g/mol. The highest BCUT2D eigenvalue weighted by Crippen LogP contribution is 2.13. The molecular weight excluding hydrogens is 392 g/mol. The van der Waals surface area contributed by atoms with E-state index in [2.05, 4.69) is 16.0 Å². The summed E-state index contributed by atoms with van der Waals surface area (Å²) in [5.74, 6) is -1.95. The van der Waals surface area contributed by atoms with Crippen LogP contribution >= 0.6 is 0 Å². The lowest BCUT2D eigenvalue weighted by Gasteiger charge is -2.23. The number of nitrogens with one attached hydrogen (secondary N) is 3. The van der Waals surface area contributed by atoms with Gasteiger partial charge in [0.1, 0.15) is 11.6 Å². The number of ether oxygens (including phenoxy) is 1. The number of amides is 3. The van der Waals surface area contributed by atoms with Gasteiger partial charge in [-0.1, -0.05) is 6.07 Å². The second-order valence-corrected chi connectivity index (χ2v) is 7.60. The van der Waals surface area contributed by atoms with E-state index in [1.54, 1.807) is 32.9 Å². The van der Waals surface area contributed by atoms with Crippen molar-refractivity contribution in [3.8, 4) is 0 Å². The topological polar surface area (TPSA) is 160 Å². The summed E-state index contributed by atoms with van der Waals surface area (Å²) in [5, 5.41) is 16.3. The molecule has 0 saturated carbocycles. The summed E-state index contributed by atoms with van der Waals surface area (Å²) in [4.78, 5) is 47.4. The summed E-state index contributed by atoms with van der Waals surface area (Å²) in [6.45, 7) is 5.50. The van der Waals surface area contributed by atoms with Crippen molar-refractivity contribution < 1.29 is 29.0 Å². The van der Waals surface area contributed by atoms with Crippen molar-refractivity contribution in [2.45, 2.75) is 51.7 Å². The normalized spacial score (nSPS) is 11.9. The van der Waals surface area contributed by atoms with Crippen molar-refractivity contribution in [2.24, 2.45) is 5.73 Å². The van der Waals surface area contributed by atoms with Gasteiger partial charge in [-0.05, 0) is 58.4 Å². The Bertz CT molecular complexity index is 760. The van der Waals surface area contributed by atoms with Gasteiger partial charge in [0, 0.05) is 17.8 Å². The number of carboxylic acids is 1. The van der Waals surface area contributed by atoms with Gasteiger partial charge in [-0.25, -0.2) is 4.79 Å². The van der Waals surface area contributed by atoms with Crippen LogP contribution in [0.1, 0.15) is 50.4 Å². The minimum Gasteiger partial charge on any atom is -0.481 e. The van der Waals surface area contributed by atoms with Crippen LogP contribution in [-0.2, 0) is 14.3 Å². The Labute approximate surface area is 175 Å². The average molecular weight is 422 g/mol. The van der Waals surface area contributed by atoms with Gasteiger partial charge < -0.3 is 31.5 Å². The number of hydrogen-bond acceptors (Lipinski definition) is 6. The third-order valence-electron chi connectivity index (χ3n) is 3.72. The fourth-order valence-corrected chi connectivity index (χ4v) is 2.39. The molecule has 6 N–H and O–H groups in total. The summed E-state index contributed by atoms with van der Waals surface area (Å²) in [6, 6.07) is 5.31. The Kier molecular flexibility index (Phi) is 9.76. The van der Waals surface area contributed by atoms with E-state index in [-0.39, 0.29) is 18.5 Å². The lowest BCUT2D eigenvalue weighted by atomic mass is 10.1. The van der Waals surface area contributed by atoms with Crippen molar-refractivity contribution in [3.05, 3.63) is 29.8 Å². The smallest absolute Gasteiger partial charge is 0.408 e. The van der Waals surface area contributed by atoms with E-state index in [1.165, 1.54) is 12.1 Å². The van der Waals surface area contributed by atoms with Crippen LogP contribution in [0.2, 0.25) is 0 Å².